The molecule has 3 amide bonds. The molecule has 0 aromatic heterocycles. The van der Waals surface area contributed by atoms with Crippen molar-refractivity contribution in [3.05, 3.63) is 29.8 Å². The van der Waals surface area contributed by atoms with Crippen molar-refractivity contribution in [2.24, 2.45) is 11.7 Å². The maximum atomic E-state index is 12.9. The molecule has 0 aliphatic heterocycles. The first-order valence-corrected chi connectivity index (χ1v) is 10.7. The minimum atomic E-state index is -1.52. The van der Waals surface area contributed by atoms with Gasteiger partial charge in [0.1, 0.15) is 23.9 Å². The minimum absolute atomic E-state index is 0.0183. The summed E-state index contributed by atoms with van der Waals surface area (Å²) in [4.78, 5) is 60.3. The van der Waals surface area contributed by atoms with Gasteiger partial charge in [-0.15, -0.1) is 0 Å². The summed E-state index contributed by atoms with van der Waals surface area (Å²) in [6, 6.07) is 0.720. The molecule has 0 aliphatic rings. The lowest BCUT2D eigenvalue weighted by Crippen LogP contribution is -2.57. The van der Waals surface area contributed by atoms with Gasteiger partial charge in [0, 0.05) is 6.42 Å². The molecule has 0 bridgehead atoms. The zero-order valence-corrected chi connectivity index (χ0v) is 19.3. The molecule has 0 saturated heterocycles. The Morgan fingerprint density at radius 1 is 0.853 bits per heavy atom. The van der Waals surface area contributed by atoms with Gasteiger partial charge in [-0.2, -0.15) is 0 Å². The SMILES string of the molecule is CC(C)CC(N)C(=O)NC(CC(=O)O)C(=O)NC(Cc1ccc(O)cc1)C(=O)NC(C)C(=O)O. The number of rotatable bonds is 13. The number of aliphatic carboxylic acids is 2. The molecule has 1 aromatic carbocycles. The van der Waals surface area contributed by atoms with Crippen LogP contribution in [0.15, 0.2) is 24.3 Å². The predicted octanol–water partition coefficient (Wildman–Crippen LogP) is -0.658. The summed E-state index contributed by atoms with van der Waals surface area (Å²) in [5.74, 6) is -5.08. The second kappa shape index (κ2) is 13.1. The third kappa shape index (κ3) is 9.86. The molecule has 0 spiro atoms. The highest BCUT2D eigenvalue weighted by atomic mass is 16.4. The van der Waals surface area contributed by atoms with Crippen LogP contribution in [0.3, 0.4) is 0 Å². The van der Waals surface area contributed by atoms with E-state index in [1.54, 1.807) is 0 Å². The van der Waals surface area contributed by atoms with E-state index < -0.39 is 60.2 Å². The molecule has 4 unspecified atom stereocenters. The molecule has 188 valence electrons. The molecular weight excluding hydrogens is 448 g/mol. The Labute approximate surface area is 196 Å². The van der Waals surface area contributed by atoms with Gasteiger partial charge in [0.05, 0.1) is 12.5 Å². The molecule has 4 atom stereocenters. The molecule has 8 N–H and O–H groups in total. The van der Waals surface area contributed by atoms with Crippen molar-refractivity contribution >= 4 is 29.7 Å². The third-order valence-electron chi connectivity index (χ3n) is 4.81. The van der Waals surface area contributed by atoms with Crippen molar-refractivity contribution in [3.63, 3.8) is 0 Å². The van der Waals surface area contributed by atoms with Gasteiger partial charge in [0.15, 0.2) is 0 Å². The number of amides is 3. The zero-order valence-electron chi connectivity index (χ0n) is 19.3. The van der Waals surface area contributed by atoms with Crippen LogP contribution < -0.4 is 21.7 Å². The summed E-state index contributed by atoms with van der Waals surface area (Å²) in [6.07, 6.45) is -0.540. The molecule has 0 saturated carbocycles. The number of carboxylic acids is 2. The number of nitrogens with one attached hydrogen (secondary N) is 3. The van der Waals surface area contributed by atoms with E-state index in [9.17, 15) is 34.2 Å². The molecule has 34 heavy (non-hydrogen) atoms. The number of phenolic OH excluding ortho intramolecular Hbond substituents is 1. The van der Waals surface area contributed by atoms with Gasteiger partial charge in [-0.25, -0.2) is 0 Å². The molecule has 0 aliphatic carbocycles. The maximum Gasteiger partial charge on any atom is 0.325 e. The van der Waals surface area contributed by atoms with E-state index in [0.717, 1.165) is 0 Å². The molecule has 1 rings (SSSR count). The number of hydrogen-bond donors (Lipinski definition) is 7. The fraction of sp³-hybridized carbons (Fsp3) is 0.500. The zero-order chi connectivity index (χ0) is 26.0. The summed E-state index contributed by atoms with van der Waals surface area (Å²) in [5.41, 5.74) is 6.34. The summed E-state index contributed by atoms with van der Waals surface area (Å²) in [6.45, 7) is 4.93. The summed E-state index contributed by atoms with van der Waals surface area (Å²) < 4.78 is 0. The Morgan fingerprint density at radius 2 is 1.38 bits per heavy atom. The Hall–Kier alpha value is -3.67. The molecule has 0 heterocycles. The van der Waals surface area contributed by atoms with Gasteiger partial charge in [-0.05, 0) is 37.0 Å². The highest BCUT2D eigenvalue weighted by Crippen LogP contribution is 2.12. The van der Waals surface area contributed by atoms with Crippen LogP contribution in [0.5, 0.6) is 5.75 Å². The second-order valence-electron chi connectivity index (χ2n) is 8.40. The molecule has 0 radical (unpaired) electrons. The van der Waals surface area contributed by atoms with Crippen LogP contribution >= 0.6 is 0 Å². The summed E-state index contributed by atoms with van der Waals surface area (Å²) >= 11 is 0. The van der Waals surface area contributed by atoms with Gasteiger partial charge < -0.3 is 37.0 Å². The number of hydrogen-bond acceptors (Lipinski definition) is 7. The first kappa shape index (κ1) is 28.4. The summed E-state index contributed by atoms with van der Waals surface area (Å²) in [7, 11) is 0. The van der Waals surface area contributed by atoms with Crippen LogP contribution in [0.4, 0.5) is 0 Å². The van der Waals surface area contributed by atoms with Crippen molar-refractivity contribution < 1.29 is 39.3 Å². The van der Waals surface area contributed by atoms with E-state index in [4.69, 9.17) is 10.8 Å². The lowest BCUT2D eigenvalue weighted by atomic mass is 10.0. The van der Waals surface area contributed by atoms with E-state index in [1.165, 1.54) is 31.2 Å². The van der Waals surface area contributed by atoms with Gasteiger partial charge >= 0.3 is 11.9 Å². The number of phenols is 1. The van der Waals surface area contributed by atoms with Crippen LogP contribution in [0.25, 0.3) is 0 Å². The second-order valence-corrected chi connectivity index (χ2v) is 8.40. The van der Waals surface area contributed by atoms with Gasteiger partial charge in [-0.1, -0.05) is 26.0 Å². The summed E-state index contributed by atoms with van der Waals surface area (Å²) in [5, 5.41) is 34.6. The van der Waals surface area contributed by atoms with E-state index in [1.807, 2.05) is 13.8 Å². The Bertz CT molecular complexity index is 887. The highest BCUT2D eigenvalue weighted by molar-refractivity contribution is 5.95. The number of aromatic hydroxyl groups is 1. The monoisotopic (exact) mass is 480 g/mol. The van der Waals surface area contributed by atoms with Gasteiger partial charge in [-0.3, -0.25) is 24.0 Å². The molecular formula is C22H32N4O8. The average Bonchev–Trinajstić information content (AvgIpc) is 2.73. The Morgan fingerprint density at radius 3 is 1.88 bits per heavy atom. The fourth-order valence-corrected chi connectivity index (χ4v) is 3.00. The average molecular weight is 481 g/mol. The molecule has 0 fully saturated rings. The van der Waals surface area contributed by atoms with E-state index in [0.29, 0.717) is 12.0 Å². The topological polar surface area (TPSA) is 208 Å². The van der Waals surface area contributed by atoms with Crippen LogP contribution in [0.2, 0.25) is 0 Å². The van der Waals surface area contributed by atoms with Crippen molar-refractivity contribution in [3.8, 4) is 5.75 Å². The Balaban J connectivity index is 3.08. The molecule has 12 nitrogen and oxygen atoms in total. The normalized spacial score (nSPS) is 14.4. The first-order chi connectivity index (χ1) is 15.8. The van der Waals surface area contributed by atoms with Crippen molar-refractivity contribution in [2.75, 3.05) is 0 Å². The lowest BCUT2D eigenvalue weighted by Gasteiger charge is -2.24. The highest BCUT2D eigenvalue weighted by Gasteiger charge is 2.31. The third-order valence-corrected chi connectivity index (χ3v) is 4.81. The number of benzene rings is 1. The van der Waals surface area contributed by atoms with Gasteiger partial charge in [0.2, 0.25) is 17.7 Å². The van der Waals surface area contributed by atoms with Crippen molar-refractivity contribution in [1.82, 2.24) is 16.0 Å². The number of nitrogens with two attached hydrogens (primary N) is 1. The first-order valence-electron chi connectivity index (χ1n) is 10.7. The van der Waals surface area contributed by atoms with Gasteiger partial charge in [0.25, 0.3) is 0 Å². The quantitative estimate of drug-likeness (QED) is 0.191. The van der Waals surface area contributed by atoms with Crippen LogP contribution in [-0.2, 0) is 30.4 Å². The predicted molar refractivity (Wildman–Crippen MR) is 121 cm³/mol. The van der Waals surface area contributed by atoms with E-state index >= 15 is 0 Å². The number of carbonyl (C=O) groups excluding carboxylic acids is 3. The van der Waals surface area contributed by atoms with E-state index in [2.05, 4.69) is 16.0 Å². The Kier molecular flexibility index (Phi) is 11.0. The largest absolute Gasteiger partial charge is 0.508 e. The molecule has 1 aromatic rings. The van der Waals surface area contributed by atoms with E-state index in [-0.39, 0.29) is 18.1 Å². The van der Waals surface area contributed by atoms with Crippen LogP contribution in [0.1, 0.15) is 39.2 Å². The standard InChI is InChI=1S/C22H32N4O8/c1-11(2)8-15(23)19(30)25-17(10-18(28)29)21(32)26-16(20(31)24-12(3)22(33)34)9-13-4-6-14(27)7-5-13/h4-7,11-12,15-17,27H,8-10,23H2,1-3H3,(H,24,31)(H,25,30)(H,26,32)(H,28,29)(H,33,34). The number of carboxylic acid groups (broad SMARTS) is 2. The minimum Gasteiger partial charge on any atom is -0.508 e. The van der Waals surface area contributed by atoms with Crippen LogP contribution in [-0.4, -0.2) is 69.1 Å². The maximum absolute atomic E-state index is 12.9. The molecule has 12 heteroatoms. The smallest absolute Gasteiger partial charge is 0.325 e. The van der Waals surface area contributed by atoms with Crippen molar-refractivity contribution in [1.29, 1.82) is 0 Å². The van der Waals surface area contributed by atoms with Crippen LogP contribution in [0, 0.1) is 5.92 Å². The lowest BCUT2D eigenvalue weighted by molar-refractivity contribution is -0.143. The van der Waals surface area contributed by atoms with Crippen molar-refractivity contribution in [2.45, 2.75) is 64.2 Å². The fourth-order valence-electron chi connectivity index (χ4n) is 3.00. The number of carbonyl (C=O) groups is 5.